The SMILES string of the molecule is CN1CCCc2ccc(Nc3nccc4c3CCN(c3ccccn3)C4)cc21. The van der Waals surface area contributed by atoms with E-state index in [-0.39, 0.29) is 0 Å². The van der Waals surface area contributed by atoms with Crippen LogP contribution in [0.25, 0.3) is 0 Å². The van der Waals surface area contributed by atoms with Crippen LogP contribution in [0.4, 0.5) is 23.0 Å². The number of pyridine rings is 2. The van der Waals surface area contributed by atoms with Crippen molar-refractivity contribution in [2.45, 2.75) is 25.8 Å². The van der Waals surface area contributed by atoms with Crippen molar-refractivity contribution in [3.05, 3.63) is 71.5 Å². The molecule has 5 nitrogen and oxygen atoms in total. The van der Waals surface area contributed by atoms with Gasteiger partial charge in [0.1, 0.15) is 11.6 Å². The van der Waals surface area contributed by atoms with Crippen LogP contribution in [0.5, 0.6) is 0 Å². The summed E-state index contributed by atoms with van der Waals surface area (Å²) in [7, 11) is 2.18. The normalized spacial score (nSPS) is 15.8. The van der Waals surface area contributed by atoms with Gasteiger partial charge in [0.15, 0.2) is 0 Å². The van der Waals surface area contributed by atoms with Crippen molar-refractivity contribution in [1.82, 2.24) is 9.97 Å². The zero-order chi connectivity index (χ0) is 18.9. The Bertz CT molecular complexity index is 986. The topological polar surface area (TPSA) is 44.3 Å². The van der Waals surface area contributed by atoms with Gasteiger partial charge in [0.25, 0.3) is 0 Å². The van der Waals surface area contributed by atoms with E-state index in [1.165, 1.54) is 35.2 Å². The Morgan fingerprint density at radius 1 is 0.929 bits per heavy atom. The van der Waals surface area contributed by atoms with Crippen molar-refractivity contribution >= 4 is 23.0 Å². The number of rotatable bonds is 3. The molecule has 0 saturated carbocycles. The van der Waals surface area contributed by atoms with Gasteiger partial charge >= 0.3 is 0 Å². The van der Waals surface area contributed by atoms with E-state index in [2.05, 4.69) is 62.5 Å². The van der Waals surface area contributed by atoms with Gasteiger partial charge in [0.05, 0.1) is 0 Å². The summed E-state index contributed by atoms with van der Waals surface area (Å²) in [6.07, 6.45) is 7.14. The number of fused-ring (bicyclic) bond motifs is 2. The van der Waals surface area contributed by atoms with E-state index in [0.29, 0.717) is 0 Å². The number of anilines is 4. The minimum Gasteiger partial charge on any atom is -0.374 e. The van der Waals surface area contributed by atoms with Crippen molar-refractivity contribution in [2.75, 3.05) is 35.3 Å². The number of hydrogen-bond donors (Lipinski definition) is 1. The first-order chi connectivity index (χ1) is 13.8. The molecule has 0 unspecified atom stereocenters. The Hall–Kier alpha value is -3.08. The summed E-state index contributed by atoms with van der Waals surface area (Å²) in [4.78, 5) is 13.8. The molecule has 2 aliphatic heterocycles. The van der Waals surface area contributed by atoms with Crippen LogP contribution >= 0.6 is 0 Å². The van der Waals surface area contributed by atoms with Crippen molar-refractivity contribution in [3.8, 4) is 0 Å². The van der Waals surface area contributed by atoms with Crippen LogP contribution in [0.2, 0.25) is 0 Å². The lowest BCUT2D eigenvalue weighted by molar-refractivity contribution is 0.719. The molecule has 0 aliphatic carbocycles. The lowest BCUT2D eigenvalue weighted by atomic mass is 10.00. The first-order valence-electron chi connectivity index (χ1n) is 10.0. The Morgan fingerprint density at radius 2 is 1.89 bits per heavy atom. The number of nitrogens with zero attached hydrogens (tertiary/aromatic N) is 4. The molecule has 1 aromatic carbocycles. The lowest BCUT2D eigenvalue weighted by Gasteiger charge is -2.31. The number of hydrogen-bond acceptors (Lipinski definition) is 5. The molecule has 28 heavy (non-hydrogen) atoms. The maximum atomic E-state index is 4.66. The summed E-state index contributed by atoms with van der Waals surface area (Å²) < 4.78 is 0. The monoisotopic (exact) mass is 371 g/mol. The molecule has 0 amide bonds. The average molecular weight is 371 g/mol. The van der Waals surface area contributed by atoms with Crippen LogP contribution in [-0.4, -0.2) is 30.1 Å². The fourth-order valence-corrected chi connectivity index (χ4v) is 4.31. The van der Waals surface area contributed by atoms with Crippen LogP contribution in [0.3, 0.4) is 0 Å². The van der Waals surface area contributed by atoms with Gasteiger partial charge in [-0.3, -0.25) is 0 Å². The molecule has 1 N–H and O–H groups in total. The van der Waals surface area contributed by atoms with Gasteiger partial charge in [-0.2, -0.15) is 0 Å². The molecular formula is C23H25N5. The van der Waals surface area contributed by atoms with E-state index < -0.39 is 0 Å². The summed E-state index contributed by atoms with van der Waals surface area (Å²) >= 11 is 0. The molecule has 5 heteroatoms. The molecule has 0 spiro atoms. The van der Waals surface area contributed by atoms with Crippen LogP contribution in [0, 0.1) is 0 Å². The summed E-state index contributed by atoms with van der Waals surface area (Å²) in [5, 5.41) is 3.59. The van der Waals surface area contributed by atoms with E-state index in [1.807, 2.05) is 24.5 Å². The lowest BCUT2D eigenvalue weighted by Crippen LogP contribution is -2.31. The predicted molar refractivity (Wildman–Crippen MR) is 115 cm³/mol. The van der Waals surface area contributed by atoms with Crippen LogP contribution in [0.15, 0.2) is 54.9 Å². The first kappa shape index (κ1) is 17.0. The Morgan fingerprint density at radius 3 is 2.79 bits per heavy atom. The predicted octanol–water partition coefficient (Wildman–Crippen LogP) is 4.17. The van der Waals surface area contributed by atoms with E-state index in [4.69, 9.17) is 0 Å². The van der Waals surface area contributed by atoms with E-state index in [9.17, 15) is 0 Å². The average Bonchev–Trinajstić information content (AvgIpc) is 2.75. The molecule has 2 aromatic heterocycles. The summed E-state index contributed by atoms with van der Waals surface area (Å²) in [5.41, 5.74) is 6.53. The first-order valence-corrected chi connectivity index (χ1v) is 10.0. The van der Waals surface area contributed by atoms with Gasteiger partial charge in [-0.15, -0.1) is 0 Å². The summed E-state index contributed by atoms with van der Waals surface area (Å²) in [5.74, 6) is 2.02. The van der Waals surface area contributed by atoms with Crippen molar-refractivity contribution < 1.29 is 0 Å². The van der Waals surface area contributed by atoms with Crippen LogP contribution in [-0.2, 0) is 19.4 Å². The maximum Gasteiger partial charge on any atom is 0.133 e. The maximum absolute atomic E-state index is 4.66. The molecule has 0 atom stereocenters. The van der Waals surface area contributed by atoms with Crippen molar-refractivity contribution in [1.29, 1.82) is 0 Å². The molecule has 142 valence electrons. The molecule has 0 radical (unpaired) electrons. The molecule has 2 aliphatic rings. The highest BCUT2D eigenvalue weighted by molar-refractivity contribution is 5.69. The number of aryl methyl sites for hydroxylation is 1. The minimum absolute atomic E-state index is 0.872. The second kappa shape index (κ2) is 7.15. The van der Waals surface area contributed by atoms with E-state index >= 15 is 0 Å². The van der Waals surface area contributed by atoms with Gasteiger partial charge in [-0.1, -0.05) is 12.1 Å². The molecule has 5 rings (SSSR count). The Labute approximate surface area is 166 Å². The Balaban J connectivity index is 1.40. The van der Waals surface area contributed by atoms with Gasteiger partial charge in [-0.05, 0) is 60.7 Å². The van der Waals surface area contributed by atoms with Crippen LogP contribution in [0.1, 0.15) is 23.1 Å². The fraction of sp³-hybridized carbons (Fsp3) is 0.304. The summed E-state index contributed by atoms with van der Waals surface area (Å²) in [6, 6.07) is 14.9. The second-order valence-corrected chi connectivity index (χ2v) is 7.65. The van der Waals surface area contributed by atoms with E-state index in [1.54, 1.807) is 0 Å². The molecule has 0 bridgehead atoms. The van der Waals surface area contributed by atoms with Gasteiger partial charge in [0, 0.05) is 56.0 Å². The minimum atomic E-state index is 0.872. The fourth-order valence-electron chi connectivity index (χ4n) is 4.31. The molecular weight excluding hydrogens is 346 g/mol. The smallest absolute Gasteiger partial charge is 0.133 e. The molecule has 0 fully saturated rings. The third kappa shape index (κ3) is 3.17. The Kier molecular flexibility index (Phi) is 4.35. The van der Waals surface area contributed by atoms with Gasteiger partial charge in [-0.25, -0.2) is 9.97 Å². The number of nitrogens with one attached hydrogen (secondary N) is 1. The van der Waals surface area contributed by atoms with Crippen molar-refractivity contribution in [3.63, 3.8) is 0 Å². The molecule has 4 heterocycles. The standard InChI is InChI=1S/C23H25N5/c1-27-13-4-5-17-7-8-19(15-21(17)27)26-23-20-10-14-28(16-18(20)9-12-25-23)22-6-2-3-11-24-22/h2-3,6-9,11-12,15H,4-5,10,13-14,16H2,1H3,(H,25,26). The van der Waals surface area contributed by atoms with Crippen molar-refractivity contribution in [2.24, 2.45) is 0 Å². The highest BCUT2D eigenvalue weighted by Gasteiger charge is 2.21. The second-order valence-electron chi connectivity index (χ2n) is 7.65. The largest absolute Gasteiger partial charge is 0.374 e. The van der Waals surface area contributed by atoms with Gasteiger partial charge < -0.3 is 15.1 Å². The third-order valence-electron chi connectivity index (χ3n) is 5.82. The quantitative estimate of drug-likeness (QED) is 0.749. The zero-order valence-corrected chi connectivity index (χ0v) is 16.2. The number of benzene rings is 1. The highest BCUT2D eigenvalue weighted by Crippen LogP contribution is 2.32. The summed E-state index contributed by atoms with van der Waals surface area (Å²) in [6.45, 7) is 2.95. The molecule has 0 saturated heterocycles. The van der Waals surface area contributed by atoms with Crippen LogP contribution < -0.4 is 15.1 Å². The third-order valence-corrected chi connectivity index (χ3v) is 5.82. The highest BCUT2D eigenvalue weighted by atomic mass is 15.2. The molecule has 3 aromatic rings. The number of aromatic nitrogens is 2. The van der Waals surface area contributed by atoms with Gasteiger partial charge in [0.2, 0.25) is 0 Å². The zero-order valence-electron chi connectivity index (χ0n) is 16.2. The van der Waals surface area contributed by atoms with E-state index in [0.717, 1.165) is 43.4 Å².